The van der Waals surface area contributed by atoms with E-state index in [1.54, 1.807) is 0 Å². The summed E-state index contributed by atoms with van der Waals surface area (Å²) in [6.07, 6.45) is 18.4. The molecule has 0 radical (unpaired) electrons. The van der Waals surface area contributed by atoms with E-state index in [1.807, 2.05) is 0 Å². The van der Waals surface area contributed by atoms with Gasteiger partial charge < -0.3 is 59.8 Å². The smallest absolute Gasteiger partial charge is 0.378 e. The summed E-state index contributed by atoms with van der Waals surface area (Å²) >= 11 is 0. The van der Waals surface area contributed by atoms with Crippen molar-refractivity contribution in [1.82, 2.24) is 0 Å². The zero-order chi connectivity index (χ0) is 44.6. The van der Waals surface area contributed by atoms with Crippen LogP contribution in [-0.2, 0) is 38.1 Å². The fraction of sp³-hybridized carbons (Fsp3) is 0.818. The third-order valence-electron chi connectivity index (χ3n) is 11.6. The molecule has 2 aliphatic rings. The third-order valence-corrected chi connectivity index (χ3v) is 11.6. The first-order valence-electron chi connectivity index (χ1n) is 22.5. The van der Waals surface area contributed by atoms with Crippen LogP contribution in [0.2, 0.25) is 0 Å². The molecule has 0 amide bonds. The van der Waals surface area contributed by atoms with Gasteiger partial charge in [0.15, 0.2) is 23.2 Å². The van der Waals surface area contributed by atoms with E-state index in [9.17, 15) is 60.0 Å². The second-order valence-corrected chi connectivity index (χ2v) is 16.4. The van der Waals surface area contributed by atoms with E-state index in [-0.39, 0.29) is 12.8 Å². The van der Waals surface area contributed by atoms with Crippen LogP contribution < -0.4 is 0 Å². The Morgan fingerprint density at radius 1 is 0.533 bits per heavy atom. The van der Waals surface area contributed by atoms with Crippen molar-refractivity contribution in [1.29, 1.82) is 0 Å². The Morgan fingerprint density at radius 3 is 1.25 bits per heavy atom. The van der Waals surface area contributed by atoms with Crippen LogP contribution in [-0.4, -0.2) is 107 Å². The Bertz CT molecular complexity index is 1400. The van der Waals surface area contributed by atoms with Crippen molar-refractivity contribution < 1.29 is 79.0 Å². The van der Waals surface area contributed by atoms with Gasteiger partial charge in [-0.1, -0.05) is 162 Å². The van der Waals surface area contributed by atoms with Gasteiger partial charge in [-0.05, 0) is 12.8 Å². The largest absolute Gasteiger partial charge is 0.505 e. The second kappa shape index (κ2) is 27.4. The first-order chi connectivity index (χ1) is 28.7. The lowest BCUT2D eigenvalue weighted by atomic mass is 9.74. The molecular formula is C44H74O16. The van der Waals surface area contributed by atoms with Gasteiger partial charge >= 0.3 is 23.9 Å². The van der Waals surface area contributed by atoms with Crippen LogP contribution in [0.1, 0.15) is 187 Å². The molecule has 2 aliphatic heterocycles. The lowest BCUT2D eigenvalue weighted by Gasteiger charge is -2.46. The summed E-state index contributed by atoms with van der Waals surface area (Å²) in [7, 11) is 0. The molecule has 60 heavy (non-hydrogen) atoms. The Kier molecular flexibility index (Phi) is 24.0. The van der Waals surface area contributed by atoms with Crippen LogP contribution in [0.15, 0.2) is 23.0 Å². The van der Waals surface area contributed by atoms with Crippen LogP contribution >= 0.6 is 0 Å². The predicted molar refractivity (Wildman–Crippen MR) is 219 cm³/mol. The normalized spacial score (nSPS) is 19.8. The van der Waals surface area contributed by atoms with Gasteiger partial charge in [0.05, 0.1) is 6.61 Å². The summed E-state index contributed by atoms with van der Waals surface area (Å²) < 4.78 is 20.7. The molecule has 2 heterocycles. The molecule has 0 aliphatic carbocycles. The third kappa shape index (κ3) is 15.1. The predicted octanol–water partition coefficient (Wildman–Crippen LogP) is 7.29. The average Bonchev–Trinajstić information content (AvgIpc) is 3.65. The van der Waals surface area contributed by atoms with Crippen molar-refractivity contribution in [3.8, 4) is 0 Å². The monoisotopic (exact) mass is 858 g/mol. The zero-order valence-electron chi connectivity index (χ0n) is 36.0. The van der Waals surface area contributed by atoms with E-state index >= 15 is 0 Å². The molecule has 0 fully saturated rings. The topological polar surface area (TPSA) is 267 Å². The average molecular weight is 859 g/mol. The van der Waals surface area contributed by atoms with E-state index < -0.39 is 95.7 Å². The fourth-order valence-electron chi connectivity index (χ4n) is 7.78. The highest BCUT2D eigenvalue weighted by Gasteiger charge is 2.69. The summed E-state index contributed by atoms with van der Waals surface area (Å²) in [5.41, 5.74) is -6.45. The molecule has 16 heteroatoms. The fourth-order valence-corrected chi connectivity index (χ4v) is 7.78. The van der Waals surface area contributed by atoms with Crippen LogP contribution in [0.25, 0.3) is 0 Å². The van der Waals surface area contributed by atoms with Crippen molar-refractivity contribution in [2.24, 2.45) is 0 Å². The molecule has 8 N–H and O–H groups in total. The van der Waals surface area contributed by atoms with E-state index in [2.05, 4.69) is 13.8 Å². The summed E-state index contributed by atoms with van der Waals surface area (Å²) in [5, 5.41) is 85.6. The van der Waals surface area contributed by atoms with Crippen LogP contribution in [0.5, 0.6) is 0 Å². The Morgan fingerprint density at radius 2 is 0.900 bits per heavy atom. The van der Waals surface area contributed by atoms with Gasteiger partial charge in [-0.15, -0.1) is 0 Å². The maximum absolute atomic E-state index is 14.5. The highest BCUT2D eigenvalue weighted by atomic mass is 16.7. The standard InChI is InChI=1S/C44H74O16/c1-3-5-7-9-11-13-15-17-18-20-22-24-26-28-32(47)59-43(42(55,30-45)37-33(48)35(50)39(52)57-37,29-27-25-23-21-19-16-14-12-10-8-6-4-2)41(54)60-44(56,31-46)38-34(49)36(51)40(53)58-38/h37-38,45-46,48-51,55-56H,3-31H2,1-2H3/t37-,38-,42-,43?,44+/m0/s1. The second-order valence-electron chi connectivity index (χ2n) is 16.4. The molecule has 16 nitrogen and oxygen atoms in total. The maximum atomic E-state index is 14.5. The van der Waals surface area contributed by atoms with Gasteiger partial charge in [0.2, 0.25) is 23.2 Å². The number of ether oxygens (including phenoxy) is 4. The Hall–Kier alpha value is -3.60. The zero-order valence-corrected chi connectivity index (χ0v) is 36.0. The van der Waals surface area contributed by atoms with E-state index in [4.69, 9.17) is 18.9 Å². The summed E-state index contributed by atoms with van der Waals surface area (Å²) in [4.78, 5) is 52.6. The Labute approximate surface area is 354 Å². The highest BCUT2D eigenvalue weighted by Crippen LogP contribution is 2.43. The first-order valence-corrected chi connectivity index (χ1v) is 22.5. The molecule has 0 bridgehead atoms. The van der Waals surface area contributed by atoms with Crippen molar-refractivity contribution in [2.75, 3.05) is 13.2 Å². The molecule has 0 spiro atoms. The van der Waals surface area contributed by atoms with Gasteiger partial charge in [-0.3, -0.25) is 4.79 Å². The Balaban J connectivity index is 2.30. The van der Waals surface area contributed by atoms with Crippen molar-refractivity contribution in [3.63, 3.8) is 0 Å². The van der Waals surface area contributed by atoms with E-state index in [0.29, 0.717) is 25.7 Å². The van der Waals surface area contributed by atoms with Gasteiger partial charge in [0, 0.05) is 12.8 Å². The van der Waals surface area contributed by atoms with Crippen molar-refractivity contribution in [3.05, 3.63) is 23.0 Å². The maximum Gasteiger partial charge on any atom is 0.378 e. The molecule has 2 rings (SSSR count). The van der Waals surface area contributed by atoms with Gasteiger partial charge in [-0.25, -0.2) is 14.4 Å². The number of unbranched alkanes of at least 4 members (excludes halogenated alkanes) is 23. The molecule has 0 saturated heterocycles. The molecule has 0 aromatic rings. The van der Waals surface area contributed by atoms with Crippen molar-refractivity contribution >= 4 is 23.9 Å². The lowest BCUT2D eigenvalue weighted by Crippen LogP contribution is -2.71. The molecular weight excluding hydrogens is 784 g/mol. The van der Waals surface area contributed by atoms with Crippen LogP contribution in [0, 0.1) is 0 Å². The number of hydrogen-bond acceptors (Lipinski definition) is 16. The first kappa shape index (κ1) is 52.5. The molecule has 1 unspecified atom stereocenters. The SMILES string of the molecule is CCCCCCCCCCCCCCCC(=O)OC(CCCCCCCCCCCCCC)(C(=O)O[C@](O)(CO)[C@H]1OC(=O)C(O)=C1O)[C@](O)(CO)[C@H]1OC(=O)C(O)=C1O. The number of aliphatic hydroxyl groups excluding tert-OH is 6. The summed E-state index contributed by atoms with van der Waals surface area (Å²) in [6.45, 7) is 1.20. The van der Waals surface area contributed by atoms with Gasteiger partial charge in [0.25, 0.3) is 5.79 Å². The lowest BCUT2D eigenvalue weighted by molar-refractivity contribution is -0.288. The number of cyclic esters (lactones) is 2. The number of esters is 4. The van der Waals surface area contributed by atoms with Crippen LogP contribution in [0.3, 0.4) is 0 Å². The minimum Gasteiger partial charge on any atom is -0.505 e. The van der Waals surface area contributed by atoms with Gasteiger partial charge in [0.1, 0.15) is 6.61 Å². The van der Waals surface area contributed by atoms with Crippen LogP contribution in [0.4, 0.5) is 0 Å². The molecule has 0 saturated carbocycles. The number of carbonyl (C=O) groups is 4. The molecule has 0 aromatic carbocycles. The molecule has 5 atom stereocenters. The van der Waals surface area contributed by atoms with E-state index in [0.717, 1.165) is 64.2 Å². The summed E-state index contributed by atoms with van der Waals surface area (Å²) in [6, 6.07) is 0. The molecule has 346 valence electrons. The van der Waals surface area contributed by atoms with E-state index in [1.165, 1.54) is 64.2 Å². The minimum absolute atomic E-state index is 0.0144. The highest BCUT2D eigenvalue weighted by molar-refractivity contribution is 5.91. The summed E-state index contributed by atoms with van der Waals surface area (Å²) in [5.74, 6) is -14.7. The van der Waals surface area contributed by atoms with Crippen molar-refractivity contribution in [2.45, 2.75) is 216 Å². The molecule has 0 aromatic heterocycles. The van der Waals surface area contributed by atoms with Gasteiger partial charge in [-0.2, -0.15) is 0 Å². The number of hydrogen-bond donors (Lipinski definition) is 8. The number of rotatable bonds is 35. The number of aliphatic hydroxyl groups is 8. The number of carbonyl (C=O) groups excluding carboxylic acids is 4. The quantitative estimate of drug-likeness (QED) is 0.0134. The minimum atomic E-state index is -3.38.